The van der Waals surface area contributed by atoms with Gasteiger partial charge in [0.25, 0.3) is 0 Å². The van der Waals surface area contributed by atoms with Gasteiger partial charge in [0.15, 0.2) is 0 Å². The standard InChI is InChI=1S/10C9H8N2.10C2H6/c1-7-9-3-4-10-6-8(9)2-5-11-7;1-7-9-6-10-4-2-8(9)3-5-11-7;1-7-4-11-6-8-5-10-3-2-9(7)8;1-7-4-11-5-8-2-3-10-6-9(7)8;1-7-4-8-6-10-3-2-9(8)11-5-7;1-7-8-3-2-5-11-9(8)4-6-10-7;1-7-9-8(4-6-10-7)3-2-5-11-9;1-7-5-10-6-9-8(7)3-2-4-11-9;1-7-5-9-8(11-6-7)3-2-4-10-9;1-7-8-4-2-3-5-9(8)11-6-10-7;10*1-2/h10*2-6H,1H3;10*1-2H3. The van der Waals surface area contributed by atoms with Crippen molar-refractivity contribution in [2.24, 2.45) is 0 Å². The Kier molecular flexibility index (Phi) is 61.0. The van der Waals surface area contributed by atoms with Crippen molar-refractivity contribution in [3.63, 3.8) is 0 Å². The Balaban J connectivity index is 0.000000706. The molecular formula is C110H140N20. The lowest BCUT2D eigenvalue weighted by Crippen LogP contribution is -1.85. The van der Waals surface area contributed by atoms with Gasteiger partial charge in [0, 0.05) is 237 Å². The molecule has 0 aliphatic rings. The van der Waals surface area contributed by atoms with Crippen LogP contribution in [0.15, 0.2) is 307 Å². The minimum absolute atomic E-state index is 0.957. The highest BCUT2D eigenvalue weighted by Gasteiger charge is 2.03. The number of rotatable bonds is 0. The number of benzene rings is 1. The SMILES string of the molecule is CC.CC.CC.CC.CC.CC.CC.CC.CC.CC.Cc1cnc2cccnc2c1.Cc1cnc2ccncc2c1.Cc1cncc2ccncc12.Cc1cncc2cnccc12.Cc1cncc2ncccc12.Cc1nccc2cccnc12.Cc1nccc2ccncc12.Cc1nccc2cnccc12.Cc1nccc2ncccc12.Cc1ncnc2ccccc12. The first-order valence-electron chi connectivity index (χ1n) is 45.3. The highest BCUT2D eigenvalue weighted by atomic mass is 14.8. The van der Waals surface area contributed by atoms with E-state index < -0.39 is 0 Å². The van der Waals surface area contributed by atoms with Gasteiger partial charge in [0.2, 0.25) is 0 Å². The second-order valence-corrected chi connectivity index (χ2v) is 25.2. The number of nitrogens with zero attached hydrogens (tertiary/aromatic N) is 20. The zero-order valence-corrected chi connectivity index (χ0v) is 82.8. The molecule has 0 radical (unpaired) electrons. The van der Waals surface area contributed by atoms with Crippen LogP contribution in [-0.2, 0) is 0 Å². The van der Waals surface area contributed by atoms with E-state index in [1.165, 1.54) is 49.2 Å². The highest BCUT2D eigenvalue weighted by molar-refractivity contribution is 5.87. The summed E-state index contributed by atoms with van der Waals surface area (Å²) in [7, 11) is 0. The van der Waals surface area contributed by atoms with Gasteiger partial charge >= 0.3 is 0 Å². The van der Waals surface area contributed by atoms with Crippen LogP contribution in [0.1, 0.15) is 195 Å². The van der Waals surface area contributed by atoms with E-state index in [1.54, 1.807) is 86.9 Å². The summed E-state index contributed by atoms with van der Waals surface area (Å²) in [5, 5.41) is 15.1. The first-order chi connectivity index (χ1) is 63.7. The molecule has 1 aromatic carbocycles. The van der Waals surface area contributed by atoms with Gasteiger partial charge in [-0.15, -0.1) is 0 Å². The smallest absolute Gasteiger partial charge is 0.116 e. The Hall–Kier alpha value is -14.4. The van der Waals surface area contributed by atoms with Gasteiger partial charge in [0.1, 0.15) is 6.33 Å². The lowest BCUT2D eigenvalue weighted by Gasteiger charge is -1.97. The normalized spacial score (nSPS) is 9.15. The maximum atomic E-state index is 4.24. The van der Waals surface area contributed by atoms with Crippen molar-refractivity contribution < 1.29 is 0 Å². The topological polar surface area (TPSA) is 258 Å². The van der Waals surface area contributed by atoms with E-state index >= 15 is 0 Å². The number of para-hydroxylation sites is 1. The van der Waals surface area contributed by atoms with E-state index in [-0.39, 0.29) is 0 Å². The Labute approximate surface area is 774 Å². The summed E-state index contributed by atoms with van der Waals surface area (Å²) in [5.74, 6) is 0. The summed E-state index contributed by atoms with van der Waals surface area (Å²) in [6, 6.07) is 45.6. The van der Waals surface area contributed by atoms with Crippen LogP contribution in [0.3, 0.4) is 0 Å². The zero-order chi connectivity index (χ0) is 96.8. The zero-order valence-electron chi connectivity index (χ0n) is 82.8. The summed E-state index contributed by atoms with van der Waals surface area (Å²) in [6.07, 6.45) is 48.8. The van der Waals surface area contributed by atoms with Crippen LogP contribution in [0.5, 0.6) is 0 Å². The molecule has 0 bridgehead atoms. The van der Waals surface area contributed by atoms with Crippen molar-refractivity contribution >= 4 is 109 Å². The summed E-state index contributed by atoms with van der Waals surface area (Å²) < 4.78 is 0. The Morgan fingerprint density at radius 1 is 0.162 bits per heavy atom. The maximum absolute atomic E-state index is 4.24. The first-order valence-corrected chi connectivity index (χ1v) is 45.3. The lowest BCUT2D eigenvalue weighted by molar-refractivity contribution is 1.15. The molecular weight excluding hydrogens is 1600 g/mol. The Morgan fingerprint density at radius 3 is 1.12 bits per heavy atom. The van der Waals surface area contributed by atoms with Crippen molar-refractivity contribution in [3.05, 3.63) is 363 Å². The molecule has 0 unspecified atom stereocenters. The molecule has 680 valence electrons. The highest BCUT2D eigenvalue weighted by Crippen LogP contribution is 2.20. The number of aryl methyl sites for hydroxylation is 10. The number of pyridine rings is 18. The monoisotopic (exact) mass is 1740 g/mol. The molecule has 0 saturated heterocycles. The van der Waals surface area contributed by atoms with Crippen LogP contribution >= 0.6 is 0 Å². The molecule has 0 fully saturated rings. The third kappa shape index (κ3) is 38.4. The fourth-order valence-electron chi connectivity index (χ4n) is 11.3. The molecule has 130 heavy (non-hydrogen) atoms. The summed E-state index contributed by atoms with van der Waals surface area (Å²) in [4.78, 5) is 82.5. The fourth-order valence-corrected chi connectivity index (χ4v) is 11.3. The Bertz CT molecular complexity index is 5320. The van der Waals surface area contributed by atoms with Gasteiger partial charge in [-0.1, -0.05) is 169 Å². The van der Waals surface area contributed by atoms with Gasteiger partial charge < -0.3 is 0 Å². The van der Waals surface area contributed by atoms with Gasteiger partial charge in [-0.25, -0.2) is 9.97 Å². The van der Waals surface area contributed by atoms with Gasteiger partial charge in [-0.05, 0) is 217 Å². The Morgan fingerprint density at radius 2 is 0.531 bits per heavy atom. The number of hydrogen-bond donors (Lipinski definition) is 0. The molecule has 20 heteroatoms. The van der Waals surface area contributed by atoms with Crippen LogP contribution in [0, 0.1) is 69.2 Å². The quantitative estimate of drug-likeness (QED) is 0.137. The molecule has 0 aliphatic carbocycles. The first kappa shape index (κ1) is 114. The second-order valence-electron chi connectivity index (χ2n) is 25.2. The van der Waals surface area contributed by atoms with Gasteiger partial charge in [-0.2, -0.15) is 0 Å². The molecule has 19 heterocycles. The maximum Gasteiger partial charge on any atom is 0.116 e. The minimum Gasteiger partial charge on any atom is -0.264 e. The summed E-state index contributed by atoms with van der Waals surface area (Å²) in [5.41, 5.74) is 18.0. The molecule has 0 aliphatic heterocycles. The van der Waals surface area contributed by atoms with Crippen molar-refractivity contribution in [2.45, 2.75) is 208 Å². The van der Waals surface area contributed by atoms with Crippen LogP contribution in [-0.4, -0.2) is 99.7 Å². The molecule has 20 nitrogen and oxygen atoms in total. The molecule has 20 rings (SSSR count). The van der Waals surface area contributed by atoms with Crippen LogP contribution in [0.4, 0.5) is 0 Å². The van der Waals surface area contributed by atoms with Crippen molar-refractivity contribution in [3.8, 4) is 0 Å². The molecule has 0 saturated carbocycles. The molecule has 19 aromatic heterocycles. The van der Waals surface area contributed by atoms with E-state index in [2.05, 4.69) is 119 Å². The molecule has 0 spiro atoms. The number of aromatic nitrogens is 20. The predicted octanol–water partition coefficient (Wildman–Crippen LogP) is 29.6. The minimum atomic E-state index is 0.957. The third-order valence-corrected chi connectivity index (χ3v) is 17.2. The van der Waals surface area contributed by atoms with E-state index in [1.807, 2.05) is 409 Å². The molecule has 0 amide bonds. The lowest BCUT2D eigenvalue weighted by atomic mass is 10.1. The second kappa shape index (κ2) is 69.8. The van der Waals surface area contributed by atoms with Gasteiger partial charge in [0.05, 0.1) is 50.5 Å². The average molecular weight is 1740 g/mol. The van der Waals surface area contributed by atoms with Crippen LogP contribution in [0.2, 0.25) is 0 Å². The van der Waals surface area contributed by atoms with E-state index in [9.17, 15) is 0 Å². The van der Waals surface area contributed by atoms with Crippen molar-refractivity contribution in [1.29, 1.82) is 0 Å². The predicted molar refractivity (Wildman–Crippen MR) is 556 cm³/mol. The molecule has 0 atom stereocenters. The van der Waals surface area contributed by atoms with E-state index in [4.69, 9.17) is 0 Å². The molecule has 0 N–H and O–H groups in total. The largest absolute Gasteiger partial charge is 0.264 e. The third-order valence-electron chi connectivity index (χ3n) is 17.2. The fraction of sp³-hybridized carbons (Fsp3) is 0.273. The summed E-state index contributed by atoms with van der Waals surface area (Å²) in [6.45, 7) is 60.1. The average Bonchev–Trinajstić information content (AvgIpc) is 0.838. The number of hydrogen-bond acceptors (Lipinski definition) is 20. The summed E-state index contributed by atoms with van der Waals surface area (Å²) >= 11 is 0. The van der Waals surface area contributed by atoms with Crippen molar-refractivity contribution in [2.75, 3.05) is 0 Å². The van der Waals surface area contributed by atoms with Crippen LogP contribution in [0.25, 0.3) is 109 Å². The van der Waals surface area contributed by atoms with Gasteiger partial charge in [-0.3, -0.25) is 89.7 Å². The van der Waals surface area contributed by atoms with Crippen LogP contribution < -0.4 is 0 Å². The van der Waals surface area contributed by atoms with E-state index in [0.29, 0.717) is 0 Å². The number of fused-ring (bicyclic) bond motifs is 10. The van der Waals surface area contributed by atoms with E-state index in [0.717, 1.165) is 116 Å². The van der Waals surface area contributed by atoms with Crippen molar-refractivity contribution in [1.82, 2.24) is 99.7 Å². The molecule has 20 aromatic rings.